The highest BCUT2D eigenvalue weighted by Crippen LogP contribution is 2.11. The second-order valence-corrected chi connectivity index (χ2v) is 3.68. The molecule has 0 saturated carbocycles. The summed E-state index contributed by atoms with van der Waals surface area (Å²) < 4.78 is 0. The van der Waals surface area contributed by atoms with E-state index in [-0.39, 0.29) is 11.5 Å². The number of rotatable bonds is 3. The maximum Gasteiger partial charge on any atom is 0.347 e. The average Bonchev–Trinajstić information content (AvgIpc) is 2.39. The van der Waals surface area contributed by atoms with Crippen molar-refractivity contribution in [1.29, 1.82) is 0 Å². The molecule has 2 aromatic carbocycles. The Morgan fingerprint density at radius 3 is 2.24 bits per heavy atom. The average molecular weight is 225 g/mol. The molecule has 0 radical (unpaired) electrons. The second-order valence-electron chi connectivity index (χ2n) is 3.68. The minimum Gasteiger partial charge on any atom is -0.508 e. The molecule has 2 heteroatoms. The Balaban J connectivity index is 2.11. The van der Waals surface area contributed by atoms with Crippen LogP contribution in [0.1, 0.15) is 11.1 Å². The summed E-state index contributed by atoms with van der Waals surface area (Å²) in [4.78, 5) is 9.82. The molecular formula is C15H13O2+. The molecule has 0 bridgehead atoms. The zero-order valence-electron chi connectivity index (χ0n) is 9.25. The Morgan fingerprint density at radius 2 is 1.59 bits per heavy atom. The molecule has 84 valence electrons. The van der Waals surface area contributed by atoms with Crippen LogP contribution in [0.2, 0.25) is 0 Å². The lowest BCUT2D eigenvalue weighted by Crippen LogP contribution is -1.94. The van der Waals surface area contributed by atoms with Gasteiger partial charge in [0.2, 0.25) is 0 Å². The fourth-order valence-electron chi connectivity index (χ4n) is 1.47. The van der Waals surface area contributed by atoms with Gasteiger partial charge in [0, 0.05) is 6.08 Å². The normalized spacial score (nSPS) is 10.6. The van der Waals surface area contributed by atoms with Crippen LogP contribution in [-0.2, 0) is 0 Å². The maximum absolute atomic E-state index is 9.82. The molecule has 0 fully saturated rings. The number of aromatic hydroxyl groups is 1. The van der Waals surface area contributed by atoms with Gasteiger partial charge in [-0.25, -0.2) is 0 Å². The lowest BCUT2D eigenvalue weighted by atomic mass is 10.1. The van der Waals surface area contributed by atoms with E-state index in [1.54, 1.807) is 36.4 Å². The highest BCUT2D eigenvalue weighted by Gasteiger charge is 2.06. The first kappa shape index (κ1) is 11.1. The first-order valence-corrected chi connectivity index (χ1v) is 5.34. The van der Waals surface area contributed by atoms with Crippen LogP contribution in [0.4, 0.5) is 0 Å². The van der Waals surface area contributed by atoms with E-state index in [0.29, 0.717) is 0 Å². The summed E-state index contributed by atoms with van der Waals surface area (Å²) in [6.07, 6.45) is 3.43. The molecule has 2 aromatic rings. The van der Waals surface area contributed by atoms with Gasteiger partial charge in [0.05, 0.1) is 5.56 Å². The van der Waals surface area contributed by atoms with Crippen molar-refractivity contribution < 1.29 is 9.90 Å². The van der Waals surface area contributed by atoms with Crippen LogP contribution in [0, 0.1) is 0 Å². The van der Waals surface area contributed by atoms with Crippen molar-refractivity contribution >= 4 is 11.9 Å². The molecule has 17 heavy (non-hydrogen) atoms. The summed E-state index contributed by atoms with van der Waals surface area (Å²) in [6.45, 7) is 0. The molecule has 0 aliphatic heterocycles. The number of benzene rings is 2. The van der Waals surface area contributed by atoms with E-state index in [1.807, 2.05) is 30.3 Å². The molecule has 0 saturated heterocycles. The fraction of sp³-hybridized carbons (Fsp3) is 0. The van der Waals surface area contributed by atoms with Crippen LogP contribution in [-0.4, -0.2) is 15.7 Å². The summed E-state index contributed by atoms with van der Waals surface area (Å²) in [7, 11) is 0. The predicted octanol–water partition coefficient (Wildman–Crippen LogP) is 3.00. The van der Waals surface area contributed by atoms with E-state index >= 15 is 0 Å². The number of hydrogen-bond acceptors (Lipinski definition) is 1. The third kappa shape index (κ3) is 3.05. The third-order valence-electron chi connectivity index (χ3n) is 2.40. The van der Waals surface area contributed by atoms with Gasteiger partial charge in [-0.3, -0.25) is 4.79 Å². The molecule has 2 N–H and O–H groups in total. The molecule has 0 amide bonds. The predicted molar refractivity (Wildman–Crippen MR) is 69.6 cm³/mol. The highest BCUT2D eigenvalue weighted by atomic mass is 16.3. The van der Waals surface area contributed by atoms with Gasteiger partial charge in [-0.05, 0) is 35.9 Å². The number of phenols is 1. The highest BCUT2D eigenvalue weighted by molar-refractivity contribution is 6.07. The first-order valence-electron chi connectivity index (χ1n) is 5.34. The number of phenolic OH excluding ortho intramolecular Hbond substituents is 1. The third-order valence-corrected chi connectivity index (χ3v) is 2.40. The minimum absolute atomic E-state index is 0.221. The van der Waals surface area contributed by atoms with E-state index in [4.69, 9.17) is 5.11 Å². The lowest BCUT2D eigenvalue weighted by Gasteiger charge is -1.93. The van der Waals surface area contributed by atoms with Crippen molar-refractivity contribution in [3.63, 3.8) is 0 Å². The summed E-state index contributed by atoms with van der Waals surface area (Å²) >= 11 is 0. The molecule has 0 heterocycles. The Morgan fingerprint density at radius 1 is 0.941 bits per heavy atom. The van der Waals surface area contributed by atoms with Crippen molar-refractivity contribution in [3.8, 4) is 5.75 Å². The Bertz CT molecular complexity index is 525. The first-order chi connectivity index (χ1) is 8.25. The van der Waals surface area contributed by atoms with E-state index in [9.17, 15) is 4.79 Å². The van der Waals surface area contributed by atoms with Gasteiger partial charge in [-0.1, -0.05) is 30.3 Å². The number of hydrogen-bond donors (Lipinski definition) is 1. The van der Waals surface area contributed by atoms with Crippen LogP contribution < -0.4 is 0 Å². The van der Waals surface area contributed by atoms with Gasteiger partial charge in [-0.15, -0.1) is 0 Å². The molecule has 2 nitrogen and oxygen atoms in total. The molecule has 0 aliphatic carbocycles. The molecule has 2 rings (SSSR count). The molecule has 0 unspecified atom stereocenters. The molecular weight excluding hydrogens is 212 g/mol. The van der Waals surface area contributed by atoms with Gasteiger partial charge < -0.3 is 5.11 Å². The molecule has 0 aromatic heterocycles. The summed E-state index contributed by atoms with van der Waals surface area (Å²) in [5.41, 5.74) is 1.70. The van der Waals surface area contributed by atoms with Gasteiger partial charge in [0.15, 0.2) is 0 Å². The molecule has 0 atom stereocenters. The zero-order valence-corrected chi connectivity index (χ0v) is 9.25. The van der Waals surface area contributed by atoms with Crippen molar-refractivity contribution in [3.05, 3.63) is 71.8 Å². The largest absolute Gasteiger partial charge is 0.508 e. The standard InChI is InChI=1S/C15H12O2/c16-14-9-6-12(7-10-14)8-11-15(17)13-4-2-1-3-5-13/h1-11,16H/p+1/b11-8+. The number of allylic oxidation sites excluding steroid dienone is 1. The summed E-state index contributed by atoms with van der Waals surface area (Å²) in [5.74, 6) is 0.456. The SMILES string of the molecule is Oc1ccc(/C=C/C(=[OH+])c2ccccc2)cc1. The number of carbonyl (C=O) groups excluding carboxylic acids is 1. The summed E-state index contributed by atoms with van der Waals surface area (Å²) in [5, 5.41) is 9.13. The van der Waals surface area contributed by atoms with Crippen molar-refractivity contribution in [2.45, 2.75) is 0 Å². The van der Waals surface area contributed by atoms with Gasteiger partial charge in [-0.2, -0.15) is 0 Å². The van der Waals surface area contributed by atoms with Gasteiger partial charge in [0.25, 0.3) is 0 Å². The molecule has 0 spiro atoms. The van der Waals surface area contributed by atoms with E-state index in [1.165, 1.54) is 0 Å². The van der Waals surface area contributed by atoms with Crippen LogP contribution in [0.25, 0.3) is 6.08 Å². The zero-order chi connectivity index (χ0) is 12.1. The quantitative estimate of drug-likeness (QED) is 0.487. The minimum atomic E-state index is 0.221. The Hall–Kier alpha value is -2.35. The van der Waals surface area contributed by atoms with Gasteiger partial charge in [0.1, 0.15) is 5.75 Å². The Labute approximate surface area is 99.8 Å². The van der Waals surface area contributed by atoms with Crippen molar-refractivity contribution in [2.24, 2.45) is 0 Å². The smallest absolute Gasteiger partial charge is 0.347 e. The van der Waals surface area contributed by atoms with Crippen LogP contribution in [0.3, 0.4) is 0 Å². The number of ketones is 1. The topological polar surface area (TPSA) is 41.6 Å². The summed E-state index contributed by atoms with van der Waals surface area (Å²) in [6, 6.07) is 16.1. The van der Waals surface area contributed by atoms with Gasteiger partial charge >= 0.3 is 5.78 Å². The van der Waals surface area contributed by atoms with Crippen molar-refractivity contribution in [1.82, 2.24) is 0 Å². The molecule has 0 aliphatic rings. The van der Waals surface area contributed by atoms with E-state index in [2.05, 4.69) is 0 Å². The van der Waals surface area contributed by atoms with Crippen molar-refractivity contribution in [2.75, 3.05) is 0 Å². The monoisotopic (exact) mass is 225 g/mol. The van der Waals surface area contributed by atoms with Crippen LogP contribution in [0.15, 0.2) is 60.7 Å². The van der Waals surface area contributed by atoms with Crippen LogP contribution >= 0.6 is 0 Å². The van der Waals surface area contributed by atoms with E-state index in [0.717, 1.165) is 11.1 Å². The van der Waals surface area contributed by atoms with Crippen LogP contribution in [0.5, 0.6) is 5.75 Å². The second kappa shape index (κ2) is 5.12. The lowest BCUT2D eigenvalue weighted by molar-refractivity contribution is 0.475. The Kier molecular flexibility index (Phi) is 3.36. The maximum atomic E-state index is 9.82. The van der Waals surface area contributed by atoms with E-state index < -0.39 is 0 Å². The fourth-order valence-corrected chi connectivity index (χ4v) is 1.47.